The normalized spacial score (nSPS) is 11.0. The molecule has 1 N–H and O–H groups in total. The first kappa shape index (κ1) is 12.5. The molecular weight excluding hydrogens is 209 g/mol. The molecular formula is C12H18FNS. The van der Waals surface area contributed by atoms with Crippen LogP contribution in [0.25, 0.3) is 0 Å². The van der Waals surface area contributed by atoms with Gasteiger partial charge in [0.05, 0.1) is 0 Å². The molecule has 1 aromatic rings. The minimum atomic E-state index is -0.113. The summed E-state index contributed by atoms with van der Waals surface area (Å²) in [6, 6.07) is 5.28. The molecule has 3 heteroatoms. The highest BCUT2D eigenvalue weighted by Crippen LogP contribution is 2.26. The lowest BCUT2D eigenvalue weighted by Gasteiger charge is -2.11. The van der Waals surface area contributed by atoms with Crippen LogP contribution < -0.4 is 5.32 Å². The van der Waals surface area contributed by atoms with Crippen LogP contribution in [0.2, 0.25) is 0 Å². The van der Waals surface area contributed by atoms with Gasteiger partial charge in [-0.25, -0.2) is 4.39 Å². The lowest BCUT2D eigenvalue weighted by molar-refractivity contribution is 0.593. The first-order chi connectivity index (χ1) is 7.15. The predicted octanol–water partition coefficient (Wildman–Crippen LogP) is 3.29. The molecule has 0 atom stereocenters. The van der Waals surface area contributed by atoms with Crippen molar-refractivity contribution in [2.75, 3.05) is 12.8 Å². The summed E-state index contributed by atoms with van der Waals surface area (Å²) in [6.45, 7) is 4.93. The van der Waals surface area contributed by atoms with Crippen LogP contribution >= 0.6 is 11.8 Å². The van der Waals surface area contributed by atoms with Gasteiger partial charge in [-0.05, 0) is 25.1 Å². The maximum atomic E-state index is 13.5. The highest BCUT2D eigenvalue weighted by molar-refractivity contribution is 7.99. The van der Waals surface area contributed by atoms with Gasteiger partial charge in [0.25, 0.3) is 0 Å². The van der Waals surface area contributed by atoms with Crippen molar-refractivity contribution in [3.8, 4) is 0 Å². The molecule has 15 heavy (non-hydrogen) atoms. The molecule has 0 aliphatic rings. The van der Waals surface area contributed by atoms with Crippen molar-refractivity contribution >= 4 is 11.8 Å². The monoisotopic (exact) mass is 227 g/mol. The molecule has 0 amide bonds. The number of hydrogen-bond donors (Lipinski definition) is 1. The summed E-state index contributed by atoms with van der Waals surface area (Å²) in [5.74, 6) is 1.54. The smallest absolute Gasteiger partial charge is 0.128 e. The molecule has 0 heterocycles. The number of hydrogen-bond acceptors (Lipinski definition) is 2. The lowest BCUT2D eigenvalue weighted by atomic mass is 10.2. The molecule has 0 spiro atoms. The number of rotatable bonds is 5. The Hall–Kier alpha value is -0.540. The van der Waals surface area contributed by atoms with Gasteiger partial charge in [-0.15, -0.1) is 11.8 Å². The molecule has 0 unspecified atom stereocenters. The Balaban J connectivity index is 2.80. The van der Waals surface area contributed by atoms with Gasteiger partial charge in [-0.2, -0.15) is 0 Å². The van der Waals surface area contributed by atoms with Crippen molar-refractivity contribution in [3.05, 3.63) is 29.6 Å². The van der Waals surface area contributed by atoms with E-state index in [1.165, 1.54) is 6.07 Å². The zero-order chi connectivity index (χ0) is 11.3. The van der Waals surface area contributed by atoms with Crippen LogP contribution in [0.15, 0.2) is 23.1 Å². The predicted molar refractivity (Wildman–Crippen MR) is 64.7 cm³/mol. The quantitative estimate of drug-likeness (QED) is 0.775. The fraction of sp³-hybridized carbons (Fsp3) is 0.500. The summed E-state index contributed by atoms with van der Waals surface area (Å²) in [7, 11) is 1.84. The molecule has 1 nitrogen and oxygen atoms in total. The summed E-state index contributed by atoms with van der Waals surface area (Å²) in [5.41, 5.74) is 0.783. The summed E-state index contributed by atoms with van der Waals surface area (Å²) < 4.78 is 13.5. The van der Waals surface area contributed by atoms with Crippen molar-refractivity contribution in [3.63, 3.8) is 0 Å². The number of thioether (sulfide) groups is 1. The van der Waals surface area contributed by atoms with Gasteiger partial charge in [0, 0.05) is 22.8 Å². The molecule has 1 rings (SSSR count). The molecule has 0 radical (unpaired) electrons. The van der Waals surface area contributed by atoms with Gasteiger partial charge in [-0.3, -0.25) is 0 Å². The molecule has 0 aromatic heterocycles. The topological polar surface area (TPSA) is 12.0 Å². The highest BCUT2D eigenvalue weighted by Gasteiger charge is 2.08. The maximum absolute atomic E-state index is 13.5. The Morgan fingerprint density at radius 2 is 2.13 bits per heavy atom. The van der Waals surface area contributed by atoms with Gasteiger partial charge in [0.2, 0.25) is 0 Å². The largest absolute Gasteiger partial charge is 0.316 e. The van der Waals surface area contributed by atoms with Crippen molar-refractivity contribution in [2.24, 2.45) is 5.92 Å². The maximum Gasteiger partial charge on any atom is 0.128 e. The van der Waals surface area contributed by atoms with Crippen LogP contribution in [-0.2, 0) is 6.54 Å². The molecule has 84 valence electrons. The van der Waals surface area contributed by atoms with E-state index in [9.17, 15) is 4.39 Å². The van der Waals surface area contributed by atoms with E-state index in [1.807, 2.05) is 13.1 Å². The van der Waals surface area contributed by atoms with Gasteiger partial charge in [0.15, 0.2) is 0 Å². The Morgan fingerprint density at radius 1 is 1.40 bits per heavy atom. The standard InChI is InChI=1S/C12H18FNS/c1-9(2)8-15-12-6-4-5-11(13)10(12)7-14-3/h4-6,9,14H,7-8H2,1-3H3. The fourth-order valence-corrected chi connectivity index (χ4v) is 2.31. The van der Waals surface area contributed by atoms with E-state index in [4.69, 9.17) is 0 Å². The van der Waals surface area contributed by atoms with E-state index < -0.39 is 0 Å². The van der Waals surface area contributed by atoms with Crippen molar-refractivity contribution in [2.45, 2.75) is 25.3 Å². The van der Waals surface area contributed by atoms with E-state index in [0.717, 1.165) is 16.2 Å². The third-order valence-corrected chi connectivity index (χ3v) is 3.53. The first-order valence-corrected chi connectivity index (χ1v) is 6.18. The van der Waals surface area contributed by atoms with Crippen LogP contribution in [0.3, 0.4) is 0 Å². The third kappa shape index (κ3) is 3.84. The zero-order valence-corrected chi connectivity index (χ0v) is 10.3. The van der Waals surface area contributed by atoms with Crippen LogP contribution in [0.4, 0.5) is 4.39 Å². The van der Waals surface area contributed by atoms with Gasteiger partial charge in [0.1, 0.15) is 5.82 Å². The van der Waals surface area contributed by atoms with Crippen LogP contribution in [0.5, 0.6) is 0 Å². The summed E-state index contributed by atoms with van der Waals surface area (Å²) in [5, 5.41) is 3.00. The van der Waals surface area contributed by atoms with Crippen LogP contribution in [0.1, 0.15) is 19.4 Å². The molecule has 0 bridgehead atoms. The zero-order valence-electron chi connectivity index (χ0n) is 9.51. The summed E-state index contributed by atoms with van der Waals surface area (Å²) in [6.07, 6.45) is 0. The van der Waals surface area contributed by atoms with Crippen molar-refractivity contribution < 1.29 is 4.39 Å². The first-order valence-electron chi connectivity index (χ1n) is 5.20. The van der Waals surface area contributed by atoms with Gasteiger partial charge >= 0.3 is 0 Å². The van der Waals surface area contributed by atoms with E-state index >= 15 is 0 Å². The van der Waals surface area contributed by atoms with E-state index in [1.54, 1.807) is 17.8 Å². The molecule has 0 aliphatic carbocycles. The second-order valence-electron chi connectivity index (χ2n) is 3.95. The van der Waals surface area contributed by atoms with E-state index in [0.29, 0.717) is 12.5 Å². The minimum absolute atomic E-state index is 0.113. The highest BCUT2D eigenvalue weighted by atomic mass is 32.2. The summed E-state index contributed by atoms with van der Waals surface area (Å²) >= 11 is 1.73. The second-order valence-corrected chi connectivity index (χ2v) is 5.01. The summed E-state index contributed by atoms with van der Waals surface area (Å²) in [4.78, 5) is 1.05. The molecule has 0 aliphatic heterocycles. The number of nitrogens with one attached hydrogen (secondary N) is 1. The number of halogens is 1. The Kier molecular flexibility index (Phi) is 5.12. The molecule has 1 aromatic carbocycles. The van der Waals surface area contributed by atoms with E-state index in [2.05, 4.69) is 19.2 Å². The van der Waals surface area contributed by atoms with Crippen LogP contribution in [0, 0.1) is 11.7 Å². The molecule has 0 saturated heterocycles. The fourth-order valence-electron chi connectivity index (χ4n) is 1.28. The Labute approximate surface area is 95.5 Å². The SMILES string of the molecule is CNCc1c(F)cccc1SCC(C)C. The van der Waals surface area contributed by atoms with Crippen molar-refractivity contribution in [1.29, 1.82) is 0 Å². The van der Waals surface area contributed by atoms with Crippen LogP contribution in [-0.4, -0.2) is 12.8 Å². The van der Waals surface area contributed by atoms with Gasteiger partial charge < -0.3 is 5.32 Å². The van der Waals surface area contributed by atoms with Crippen molar-refractivity contribution in [1.82, 2.24) is 5.32 Å². The third-order valence-electron chi connectivity index (χ3n) is 2.00. The van der Waals surface area contributed by atoms with E-state index in [-0.39, 0.29) is 5.82 Å². The molecule has 0 saturated carbocycles. The average Bonchev–Trinajstić information content (AvgIpc) is 2.19. The molecule has 0 fully saturated rings. The Morgan fingerprint density at radius 3 is 2.73 bits per heavy atom. The second kappa shape index (κ2) is 6.13. The minimum Gasteiger partial charge on any atom is -0.316 e. The average molecular weight is 227 g/mol. The van der Waals surface area contributed by atoms with Gasteiger partial charge in [-0.1, -0.05) is 19.9 Å². The number of benzene rings is 1. The lowest BCUT2D eigenvalue weighted by Crippen LogP contribution is -2.08. The Bertz CT molecular complexity index is 312.